The van der Waals surface area contributed by atoms with Crippen molar-refractivity contribution in [1.82, 2.24) is 15.0 Å². The summed E-state index contributed by atoms with van der Waals surface area (Å²) in [6.07, 6.45) is 0. The Balaban J connectivity index is 2.24. The van der Waals surface area contributed by atoms with Gasteiger partial charge < -0.3 is 4.74 Å². The van der Waals surface area contributed by atoms with Crippen molar-refractivity contribution in [2.75, 3.05) is 5.43 Å². The molecule has 0 bridgehead atoms. The zero-order valence-electron chi connectivity index (χ0n) is 8.71. The normalized spacial score (nSPS) is 9.88. The molecule has 6 nitrogen and oxygen atoms in total. The monoisotopic (exact) mass is 217 g/mol. The summed E-state index contributed by atoms with van der Waals surface area (Å²) in [5.74, 6) is 6.70. The molecule has 0 amide bonds. The summed E-state index contributed by atoms with van der Waals surface area (Å²) < 4.78 is 5.44. The standard InChI is InChI=1S/C10H11N5O/c1-7-12-9(15-11)14-10(13-7)16-8-5-3-2-4-6-8/h2-6H,11H2,1H3,(H,12,13,14,15). The van der Waals surface area contributed by atoms with Gasteiger partial charge in [0.15, 0.2) is 0 Å². The molecular formula is C10H11N5O. The van der Waals surface area contributed by atoms with Crippen LogP contribution in [0.5, 0.6) is 11.8 Å². The van der Waals surface area contributed by atoms with Crippen LogP contribution in [0.1, 0.15) is 5.82 Å². The lowest BCUT2D eigenvalue weighted by molar-refractivity contribution is 0.438. The summed E-state index contributed by atoms with van der Waals surface area (Å²) in [5, 5.41) is 0. The van der Waals surface area contributed by atoms with E-state index >= 15 is 0 Å². The quantitative estimate of drug-likeness (QED) is 0.594. The molecule has 16 heavy (non-hydrogen) atoms. The van der Waals surface area contributed by atoms with Crippen molar-refractivity contribution in [2.24, 2.45) is 5.84 Å². The first-order chi connectivity index (χ1) is 7.78. The summed E-state index contributed by atoms with van der Waals surface area (Å²) in [5.41, 5.74) is 2.35. The molecule has 0 unspecified atom stereocenters. The van der Waals surface area contributed by atoms with Gasteiger partial charge in [-0.05, 0) is 19.1 Å². The number of hydrogen-bond donors (Lipinski definition) is 2. The molecule has 2 rings (SSSR count). The average Bonchev–Trinajstić information content (AvgIpc) is 2.29. The van der Waals surface area contributed by atoms with Crippen LogP contribution in [0, 0.1) is 6.92 Å². The maximum atomic E-state index is 5.44. The summed E-state index contributed by atoms with van der Waals surface area (Å²) >= 11 is 0. The summed E-state index contributed by atoms with van der Waals surface area (Å²) in [7, 11) is 0. The Bertz CT molecular complexity index is 474. The van der Waals surface area contributed by atoms with Gasteiger partial charge in [-0.2, -0.15) is 15.0 Å². The predicted molar refractivity (Wildman–Crippen MR) is 58.9 cm³/mol. The fraction of sp³-hybridized carbons (Fsp3) is 0.100. The number of rotatable bonds is 3. The van der Waals surface area contributed by atoms with Crippen molar-refractivity contribution in [3.63, 3.8) is 0 Å². The number of anilines is 1. The first-order valence-electron chi connectivity index (χ1n) is 4.70. The maximum Gasteiger partial charge on any atom is 0.327 e. The number of hydrazine groups is 1. The van der Waals surface area contributed by atoms with E-state index in [4.69, 9.17) is 10.6 Å². The second kappa shape index (κ2) is 4.54. The van der Waals surface area contributed by atoms with E-state index in [1.165, 1.54) is 0 Å². The van der Waals surface area contributed by atoms with E-state index in [1.54, 1.807) is 6.92 Å². The van der Waals surface area contributed by atoms with E-state index in [0.29, 0.717) is 11.6 Å². The molecule has 0 aliphatic heterocycles. The number of nitrogens with two attached hydrogens (primary N) is 1. The number of aromatic nitrogens is 3. The van der Waals surface area contributed by atoms with Gasteiger partial charge in [-0.15, -0.1) is 0 Å². The highest BCUT2D eigenvalue weighted by Crippen LogP contribution is 2.17. The molecule has 0 aliphatic carbocycles. The fourth-order valence-electron chi connectivity index (χ4n) is 1.16. The SMILES string of the molecule is Cc1nc(NN)nc(Oc2ccccc2)n1. The maximum absolute atomic E-state index is 5.44. The van der Waals surface area contributed by atoms with E-state index in [1.807, 2.05) is 30.3 Å². The Kier molecular flexibility index (Phi) is 2.93. The van der Waals surface area contributed by atoms with E-state index in [9.17, 15) is 0 Å². The van der Waals surface area contributed by atoms with E-state index in [-0.39, 0.29) is 12.0 Å². The highest BCUT2D eigenvalue weighted by Gasteiger charge is 2.04. The van der Waals surface area contributed by atoms with Crippen LogP contribution < -0.4 is 16.0 Å². The Morgan fingerprint density at radius 1 is 1.12 bits per heavy atom. The average molecular weight is 217 g/mol. The van der Waals surface area contributed by atoms with Gasteiger partial charge in [0.25, 0.3) is 0 Å². The largest absolute Gasteiger partial charge is 0.424 e. The molecule has 0 saturated carbocycles. The third kappa shape index (κ3) is 2.43. The predicted octanol–water partition coefficient (Wildman–Crippen LogP) is 1.26. The molecule has 82 valence electrons. The van der Waals surface area contributed by atoms with Gasteiger partial charge in [0, 0.05) is 0 Å². The topological polar surface area (TPSA) is 86.0 Å². The van der Waals surface area contributed by atoms with Crippen molar-refractivity contribution in [1.29, 1.82) is 0 Å². The second-order valence-electron chi connectivity index (χ2n) is 3.05. The second-order valence-corrected chi connectivity index (χ2v) is 3.05. The number of benzene rings is 1. The van der Waals surface area contributed by atoms with E-state index < -0.39 is 0 Å². The highest BCUT2D eigenvalue weighted by atomic mass is 16.5. The number of ether oxygens (including phenoxy) is 1. The Morgan fingerprint density at radius 3 is 2.56 bits per heavy atom. The van der Waals surface area contributed by atoms with Gasteiger partial charge in [0.1, 0.15) is 11.6 Å². The minimum absolute atomic E-state index is 0.214. The van der Waals surface area contributed by atoms with Gasteiger partial charge in [-0.25, -0.2) is 5.84 Å². The molecule has 2 aromatic rings. The van der Waals surface area contributed by atoms with Gasteiger partial charge in [0.05, 0.1) is 0 Å². The number of nitrogen functional groups attached to an aromatic ring is 1. The van der Waals surface area contributed by atoms with Crippen LogP contribution in [-0.2, 0) is 0 Å². The lowest BCUT2D eigenvalue weighted by Crippen LogP contribution is -2.12. The Labute approximate surface area is 92.5 Å². The third-order valence-corrected chi connectivity index (χ3v) is 1.81. The molecule has 1 aromatic heterocycles. The molecule has 6 heteroatoms. The van der Waals surface area contributed by atoms with Gasteiger partial charge in [-0.3, -0.25) is 5.43 Å². The smallest absolute Gasteiger partial charge is 0.327 e. The number of nitrogens with zero attached hydrogens (tertiary/aromatic N) is 3. The molecule has 1 aromatic carbocycles. The fourth-order valence-corrected chi connectivity index (χ4v) is 1.16. The molecule has 3 N–H and O–H groups in total. The van der Waals surface area contributed by atoms with Crippen LogP contribution in [0.15, 0.2) is 30.3 Å². The number of nitrogens with one attached hydrogen (secondary N) is 1. The minimum atomic E-state index is 0.214. The number of hydrogen-bond acceptors (Lipinski definition) is 6. The third-order valence-electron chi connectivity index (χ3n) is 1.81. The highest BCUT2D eigenvalue weighted by molar-refractivity contribution is 5.27. The van der Waals surface area contributed by atoms with E-state index in [2.05, 4.69) is 20.4 Å². The molecule has 0 aliphatic rings. The van der Waals surface area contributed by atoms with Crippen LogP contribution >= 0.6 is 0 Å². The Hall–Kier alpha value is -2.21. The summed E-state index contributed by atoms with van der Waals surface area (Å²) in [4.78, 5) is 12.0. The van der Waals surface area contributed by atoms with Crippen molar-refractivity contribution < 1.29 is 4.74 Å². The number of para-hydroxylation sites is 1. The van der Waals surface area contributed by atoms with Gasteiger partial charge >= 0.3 is 6.01 Å². The molecule has 1 heterocycles. The molecule has 0 radical (unpaired) electrons. The Morgan fingerprint density at radius 2 is 1.88 bits per heavy atom. The lowest BCUT2D eigenvalue weighted by Gasteiger charge is -2.05. The van der Waals surface area contributed by atoms with Crippen LogP contribution in [0.4, 0.5) is 5.95 Å². The lowest BCUT2D eigenvalue weighted by atomic mass is 10.3. The van der Waals surface area contributed by atoms with Crippen molar-refractivity contribution in [2.45, 2.75) is 6.92 Å². The van der Waals surface area contributed by atoms with Crippen molar-refractivity contribution in [3.05, 3.63) is 36.2 Å². The van der Waals surface area contributed by atoms with Crippen molar-refractivity contribution >= 4 is 5.95 Å². The first kappa shape index (κ1) is 10.3. The minimum Gasteiger partial charge on any atom is -0.424 e. The molecule has 0 spiro atoms. The van der Waals surface area contributed by atoms with E-state index in [0.717, 1.165) is 0 Å². The van der Waals surface area contributed by atoms with Crippen LogP contribution in [-0.4, -0.2) is 15.0 Å². The zero-order valence-corrected chi connectivity index (χ0v) is 8.71. The molecular weight excluding hydrogens is 206 g/mol. The van der Waals surface area contributed by atoms with Gasteiger partial charge in [-0.1, -0.05) is 18.2 Å². The number of aryl methyl sites for hydroxylation is 1. The molecule has 0 atom stereocenters. The van der Waals surface area contributed by atoms with Crippen LogP contribution in [0.2, 0.25) is 0 Å². The van der Waals surface area contributed by atoms with Crippen LogP contribution in [0.25, 0.3) is 0 Å². The first-order valence-corrected chi connectivity index (χ1v) is 4.70. The van der Waals surface area contributed by atoms with Crippen molar-refractivity contribution in [3.8, 4) is 11.8 Å². The zero-order chi connectivity index (χ0) is 11.4. The molecule has 0 fully saturated rings. The van der Waals surface area contributed by atoms with Crippen LogP contribution in [0.3, 0.4) is 0 Å². The molecule has 0 saturated heterocycles. The summed E-state index contributed by atoms with van der Waals surface area (Å²) in [6, 6.07) is 9.48. The van der Waals surface area contributed by atoms with Gasteiger partial charge in [0.2, 0.25) is 5.95 Å². The summed E-state index contributed by atoms with van der Waals surface area (Å²) in [6.45, 7) is 1.74.